The number of rotatable bonds is 4. The minimum absolute atomic E-state index is 0.257. The highest BCUT2D eigenvalue weighted by atomic mass is 35.5. The van der Waals surface area contributed by atoms with Gasteiger partial charge >= 0.3 is 0 Å². The summed E-state index contributed by atoms with van der Waals surface area (Å²) < 4.78 is 0. The van der Waals surface area contributed by atoms with E-state index < -0.39 is 0 Å². The minimum atomic E-state index is 0.257. The van der Waals surface area contributed by atoms with Crippen LogP contribution in [0, 0.1) is 17.8 Å². The number of nitrogens with zero attached hydrogens (tertiary/aromatic N) is 2. The van der Waals surface area contributed by atoms with Crippen LogP contribution in [0.2, 0.25) is 5.02 Å². The van der Waals surface area contributed by atoms with Gasteiger partial charge in [0.2, 0.25) is 5.91 Å². The second-order valence-corrected chi connectivity index (χ2v) is 7.67. The molecule has 2 aliphatic heterocycles. The topological polar surface area (TPSA) is 23.6 Å². The van der Waals surface area contributed by atoms with Gasteiger partial charge in [0.25, 0.3) is 0 Å². The van der Waals surface area contributed by atoms with E-state index in [0.29, 0.717) is 18.3 Å². The van der Waals surface area contributed by atoms with Gasteiger partial charge in [0.05, 0.1) is 6.42 Å². The number of carbonyl (C=O) groups is 1. The maximum atomic E-state index is 12.5. The smallest absolute Gasteiger partial charge is 0.227 e. The molecule has 2 heterocycles. The van der Waals surface area contributed by atoms with Crippen LogP contribution in [0.4, 0.5) is 0 Å². The van der Waals surface area contributed by atoms with Gasteiger partial charge in [-0.15, -0.1) is 0 Å². The van der Waals surface area contributed by atoms with Crippen molar-refractivity contribution in [2.45, 2.75) is 20.3 Å². The van der Waals surface area contributed by atoms with Gasteiger partial charge in [-0.25, -0.2) is 0 Å². The van der Waals surface area contributed by atoms with Crippen LogP contribution in [-0.4, -0.2) is 48.4 Å². The average Bonchev–Trinajstić information content (AvgIpc) is 2.98. The highest BCUT2D eigenvalue weighted by Gasteiger charge is 2.41. The monoisotopic (exact) mass is 320 g/mol. The molecule has 0 aromatic heterocycles. The van der Waals surface area contributed by atoms with Crippen molar-refractivity contribution in [3.8, 4) is 0 Å². The summed E-state index contributed by atoms with van der Waals surface area (Å²) >= 11 is 5.89. The maximum Gasteiger partial charge on any atom is 0.227 e. The lowest BCUT2D eigenvalue weighted by molar-refractivity contribution is -0.129. The Morgan fingerprint density at radius 3 is 2.27 bits per heavy atom. The summed E-state index contributed by atoms with van der Waals surface area (Å²) in [4.78, 5) is 17.1. The number of hydrogen-bond donors (Lipinski definition) is 0. The third-order valence-electron chi connectivity index (χ3n) is 4.81. The van der Waals surface area contributed by atoms with Gasteiger partial charge in [0.15, 0.2) is 0 Å². The third kappa shape index (κ3) is 3.64. The highest BCUT2D eigenvalue weighted by Crippen LogP contribution is 2.31. The van der Waals surface area contributed by atoms with Gasteiger partial charge in [-0.1, -0.05) is 37.6 Å². The van der Waals surface area contributed by atoms with Crippen molar-refractivity contribution in [2.24, 2.45) is 17.8 Å². The first-order valence-corrected chi connectivity index (χ1v) is 8.63. The molecule has 2 saturated heterocycles. The van der Waals surface area contributed by atoms with Crippen molar-refractivity contribution in [2.75, 3.05) is 32.7 Å². The molecule has 1 aromatic carbocycles. The quantitative estimate of drug-likeness (QED) is 0.851. The van der Waals surface area contributed by atoms with E-state index in [1.54, 1.807) is 0 Å². The van der Waals surface area contributed by atoms with Crippen LogP contribution < -0.4 is 0 Å². The van der Waals surface area contributed by atoms with Crippen LogP contribution in [0.25, 0.3) is 0 Å². The minimum Gasteiger partial charge on any atom is -0.342 e. The summed E-state index contributed by atoms with van der Waals surface area (Å²) in [5.74, 6) is 2.33. The lowest BCUT2D eigenvalue weighted by Gasteiger charge is -2.23. The van der Waals surface area contributed by atoms with E-state index in [-0.39, 0.29) is 5.91 Å². The summed E-state index contributed by atoms with van der Waals surface area (Å²) in [6, 6.07) is 7.60. The molecule has 0 aliphatic carbocycles. The van der Waals surface area contributed by atoms with Gasteiger partial charge < -0.3 is 9.80 Å². The molecule has 0 N–H and O–H groups in total. The zero-order valence-corrected chi connectivity index (χ0v) is 14.2. The molecule has 2 unspecified atom stereocenters. The van der Waals surface area contributed by atoms with E-state index in [0.717, 1.165) is 42.7 Å². The predicted octanol–water partition coefficient (Wildman–Crippen LogP) is 2.93. The van der Waals surface area contributed by atoms with E-state index in [1.807, 2.05) is 24.3 Å². The molecule has 0 radical (unpaired) electrons. The molecule has 2 aliphatic rings. The van der Waals surface area contributed by atoms with E-state index in [1.165, 1.54) is 6.54 Å². The van der Waals surface area contributed by atoms with Crippen LogP contribution in [-0.2, 0) is 11.2 Å². The van der Waals surface area contributed by atoms with Gasteiger partial charge in [0.1, 0.15) is 0 Å². The summed E-state index contributed by atoms with van der Waals surface area (Å²) in [5.41, 5.74) is 1.05. The van der Waals surface area contributed by atoms with Crippen molar-refractivity contribution in [3.05, 3.63) is 34.9 Å². The first kappa shape index (κ1) is 15.8. The standard InChI is InChI=1S/C18H25ClN2O/c1-13(2)8-20-9-15-11-21(12-16(15)10-20)18(22)7-14-3-5-17(19)6-4-14/h3-6,13,15-16H,7-12H2,1-2H3. The van der Waals surface area contributed by atoms with Crippen molar-refractivity contribution >= 4 is 17.5 Å². The second-order valence-electron chi connectivity index (χ2n) is 7.23. The largest absolute Gasteiger partial charge is 0.342 e. The molecule has 2 atom stereocenters. The summed E-state index contributed by atoms with van der Waals surface area (Å²) in [5, 5.41) is 0.720. The Kier molecular flexibility index (Phi) is 4.74. The molecule has 1 aromatic rings. The summed E-state index contributed by atoms with van der Waals surface area (Å²) in [6.45, 7) is 9.93. The van der Waals surface area contributed by atoms with Gasteiger partial charge in [0, 0.05) is 37.7 Å². The maximum absolute atomic E-state index is 12.5. The molecule has 2 fully saturated rings. The van der Waals surface area contributed by atoms with E-state index >= 15 is 0 Å². The SMILES string of the molecule is CC(C)CN1CC2CN(C(=O)Cc3ccc(Cl)cc3)CC2C1. The number of benzene rings is 1. The molecule has 0 spiro atoms. The van der Waals surface area contributed by atoms with Crippen LogP contribution in [0.5, 0.6) is 0 Å². The van der Waals surface area contributed by atoms with Gasteiger partial charge in [-0.05, 0) is 35.4 Å². The molecule has 3 rings (SSSR count). The van der Waals surface area contributed by atoms with E-state index in [9.17, 15) is 4.79 Å². The first-order chi connectivity index (χ1) is 10.5. The van der Waals surface area contributed by atoms with Crippen LogP contribution in [0.3, 0.4) is 0 Å². The summed E-state index contributed by atoms with van der Waals surface area (Å²) in [7, 11) is 0. The molecule has 120 valence electrons. The molecule has 4 heteroatoms. The molecule has 3 nitrogen and oxygen atoms in total. The Balaban J connectivity index is 1.52. The second kappa shape index (κ2) is 6.59. The zero-order valence-electron chi connectivity index (χ0n) is 13.5. The normalized spacial score (nSPS) is 25.0. The Hall–Kier alpha value is -1.06. The lowest BCUT2D eigenvalue weighted by Crippen LogP contribution is -2.35. The highest BCUT2D eigenvalue weighted by molar-refractivity contribution is 6.30. The number of likely N-dealkylation sites (tertiary alicyclic amines) is 2. The lowest BCUT2D eigenvalue weighted by atomic mass is 10.0. The predicted molar refractivity (Wildman–Crippen MR) is 90.0 cm³/mol. The fourth-order valence-corrected chi connectivity index (χ4v) is 3.97. The molecular formula is C18H25ClN2O. The molecular weight excluding hydrogens is 296 g/mol. The Labute approximate surface area is 138 Å². The average molecular weight is 321 g/mol. The molecule has 0 bridgehead atoms. The van der Waals surface area contributed by atoms with Crippen molar-refractivity contribution < 1.29 is 4.79 Å². The first-order valence-electron chi connectivity index (χ1n) is 8.26. The molecule has 1 amide bonds. The Morgan fingerprint density at radius 1 is 1.14 bits per heavy atom. The van der Waals surface area contributed by atoms with Crippen LogP contribution >= 0.6 is 11.6 Å². The Morgan fingerprint density at radius 2 is 1.73 bits per heavy atom. The number of hydrogen-bond acceptors (Lipinski definition) is 2. The fourth-order valence-electron chi connectivity index (χ4n) is 3.85. The summed E-state index contributed by atoms with van der Waals surface area (Å²) in [6.07, 6.45) is 0.492. The van der Waals surface area contributed by atoms with Crippen LogP contribution in [0.1, 0.15) is 19.4 Å². The number of fused-ring (bicyclic) bond motifs is 1. The van der Waals surface area contributed by atoms with Crippen molar-refractivity contribution in [3.63, 3.8) is 0 Å². The Bertz CT molecular complexity index is 514. The third-order valence-corrected chi connectivity index (χ3v) is 5.06. The number of amides is 1. The van der Waals surface area contributed by atoms with Crippen molar-refractivity contribution in [1.82, 2.24) is 9.80 Å². The number of halogens is 1. The number of carbonyl (C=O) groups excluding carboxylic acids is 1. The molecule has 22 heavy (non-hydrogen) atoms. The van der Waals surface area contributed by atoms with Crippen molar-refractivity contribution in [1.29, 1.82) is 0 Å². The van der Waals surface area contributed by atoms with Crippen LogP contribution in [0.15, 0.2) is 24.3 Å². The van der Waals surface area contributed by atoms with Gasteiger partial charge in [-0.3, -0.25) is 4.79 Å². The zero-order chi connectivity index (χ0) is 15.7. The van der Waals surface area contributed by atoms with E-state index in [4.69, 9.17) is 11.6 Å². The van der Waals surface area contributed by atoms with Gasteiger partial charge in [-0.2, -0.15) is 0 Å². The fraction of sp³-hybridized carbons (Fsp3) is 0.611. The van der Waals surface area contributed by atoms with E-state index in [2.05, 4.69) is 23.6 Å². The molecule has 0 saturated carbocycles.